The van der Waals surface area contributed by atoms with Crippen LogP contribution in [0.15, 0.2) is 54.6 Å². The molecule has 1 aliphatic carbocycles. The molecule has 1 aliphatic rings. The molecule has 5 nitrogen and oxygen atoms in total. The van der Waals surface area contributed by atoms with E-state index in [1.165, 1.54) is 24.3 Å². The van der Waals surface area contributed by atoms with Crippen LogP contribution in [-0.4, -0.2) is 16.1 Å². The molecule has 0 aromatic heterocycles. The number of hydrogen-bond acceptors (Lipinski definition) is 3. The van der Waals surface area contributed by atoms with E-state index < -0.39 is 33.8 Å². The van der Waals surface area contributed by atoms with Gasteiger partial charge < -0.3 is 10.6 Å². The number of anilines is 2. The monoisotopic (exact) mass is 559 g/mol. The highest BCUT2D eigenvalue weighted by atomic mass is 35.5. The molecule has 0 unspecified atom stereocenters. The van der Waals surface area contributed by atoms with Crippen LogP contribution in [0.5, 0.6) is 0 Å². The summed E-state index contributed by atoms with van der Waals surface area (Å²) >= 11 is 25.2. The fourth-order valence-electron chi connectivity index (χ4n) is 3.81. The van der Waals surface area contributed by atoms with E-state index in [1.807, 2.05) is 6.07 Å². The Bertz CT molecular complexity index is 1490. The van der Waals surface area contributed by atoms with Gasteiger partial charge in [-0.2, -0.15) is 5.26 Å². The van der Waals surface area contributed by atoms with Gasteiger partial charge in [-0.05, 0) is 54.1 Å². The van der Waals surface area contributed by atoms with Crippen molar-refractivity contribution in [2.75, 3.05) is 10.6 Å². The van der Waals surface area contributed by atoms with Crippen molar-refractivity contribution in [3.05, 3.63) is 92.7 Å². The van der Waals surface area contributed by atoms with Crippen LogP contribution in [-0.2, 0) is 4.79 Å². The molecule has 36 heavy (non-hydrogen) atoms. The maximum absolute atomic E-state index is 13.4. The van der Waals surface area contributed by atoms with E-state index in [2.05, 4.69) is 16.6 Å². The summed E-state index contributed by atoms with van der Waals surface area (Å²) in [7, 11) is 0. The van der Waals surface area contributed by atoms with Gasteiger partial charge in [0.2, 0.25) is 5.91 Å². The molecule has 0 bridgehead atoms. The standard InChI is InChI=1S/C26H14Cl4FN3O2/c1-2-13-3-4-14(10-20(13)28)22-23(26(22,29)30)25(36)33-17-6-7-19(27)18(11-17)24(35)34-21-8-5-16(31)9-15(21)12-32/h1,3-11,22-23H,(H,33,36)(H,34,35)/t22-,23+/m1/s1. The quantitative estimate of drug-likeness (QED) is 0.267. The number of rotatable bonds is 5. The molecule has 2 N–H and O–H groups in total. The van der Waals surface area contributed by atoms with E-state index in [1.54, 1.807) is 18.2 Å². The minimum Gasteiger partial charge on any atom is -0.326 e. The molecule has 1 saturated carbocycles. The highest BCUT2D eigenvalue weighted by Crippen LogP contribution is 2.65. The van der Waals surface area contributed by atoms with Crippen LogP contribution in [0.1, 0.15) is 33.0 Å². The summed E-state index contributed by atoms with van der Waals surface area (Å²) in [6, 6.07) is 14.5. The summed E-state index contributed by atoms with van der Waals surface area (Å²) in [5.41, 5.74) is 1.51. The number of halogens is 5. The first-order chi connectivity index (χ1) is 17.1. The molecule has 0 spiro atoms. The number of hydrogen-bond donors (Lipinski definition) is 2. The van der Waals surface area contributed by atoms with Crippen LogP contribution in [0.3, 0.4) is 0 Å². The Morgan fingerprint density at radius 2 is 1.72 bits per heavy atom. The van der Waals surface area contributed by atoms with Gasteiger partial charge in [0.05, 0.1) is 32.8 Å². The van der Waals surface area contributed by atoms with Crippen molar-refractivity contribution in [3.63, 3.8) is 0 Å². The van der Waals surface area contributed by atoms with Crippen LogP contribution in [0, 0.1) is 35.4 Å². The van der Waals surface area contributed by atoms with E-state index in [-0.39, 0.29) is 27.5 Å². The number of alkyl halides is 2. The summed E-state index contributed by atoms with van der Waals surface area (Å²) in [6.45, 7) is 0. The van der Waals surface area contributed by atoms with Gasteiger partial charge in [0.15, 0.2) is 0 Å². The summed E-state index contributed by atoms with van der Waals surface area (Å²) in [4.78, 5) is 25.8. The van der Waals surface area contributed by atoms with Crippen LogP contribution >= 0.6 is 46.4 Å². The molecule has 0 radical (unpaired) electrons. The highest BCUT2D eigenvalue weighted by molar-refractivity contribution is 6.53. The van der Waals surface area contributed by atoms with E-state index in [0.717, 1.165) is 12.1 Å². The molecule has 3 aromatic carbocycles. The van der Waals surface area contributed by atoms with Crippen molar-refractivity contribution in [1.82, 2.24) is 0 Å². The number of carbonyl (C=O) groups is 2. The second-order valence-corrected chi connectivity index (χ2v) is 10.2. The second-order valence-electron chi connectivity index (χ2n) is 7.95. The lowest BCUT2D eigenvalue weighted by molar-refractivity contribution is -0.117. The third-order valence-electron chi connectivity index (χ3n) is 5.67. The lowest BCUT2D eigenvalue weighted by Gasteiger charge is -2.11. The van der Waals surface area contributed by atoms with Gasteiger partial charge in [-0.25, -0.2) is 4.39 Å². The van der Waals surface area contributed by atoms with Crippen LogP contribution in [0.25, 0.3) is 0 Å². The molecule has 180 valence electrons. The molecular formula is C26H14Cl4FN3O2. The molecule has 1 fully saturated rings. The number of carbonyl (C=O) groups excluding carboxylic acids is 2. The topological polar surface area (TPSA) is 82.0 Å². The molecule has 4 rings (SSSR count). The van der Waals surface area contributed by atoms with E-state index in [0.29, 0.717) is 16.1 Å². The zero-order valence-electron chi connectivity index (χ0n) is 18.1. The van der Waals surface area contributed by atoms with Crippen molar-refractivity contribution in [1.29, 1.82) is 5.26 Å². The molecule has 2 amide bonds. The average molecular weight is 561 g/mol. The van der Waals surface area contributed by atoms with E-state index in [4.69, 9.17) is 52.8 Å². The number of amides is 2. The molecule has 10 heteroatoms. The minimum absolute atomic E-state index is 0.0229. The van der Waals surface area contributed by atoms with Crippen molar-refractivity contribution < 1.29 is 14.0 Å². The summed E-state index contributed by atoms with van der Waals surface area (Å²) in [6.07, 6.45) is 5.40. The normalized spacial score (nSPS) is 17.4. The zero-order chi connectivity index (χ0) is 26.2. The van der Waals surface area contributed by atoms with Gasteiger partial charge in [0, 0.05) is 17.2 Å². The molecule has 0 aliphatic heterocycles. The first kappa shape index (κ1) is 25.8. The second kappa shape index (κ2) is 10.0. The van der Waals surface area contributed by atoms with Gasteiger partial charge in [-0.1, -0.05) is 35.2 Å². The van der Waals surface area contributed by atoms with Crippen molar-refractivity contribution in [2.45, 2.75) is 10.3 Å². The van der Waals surface area contributed by atoms with Crippen LogP contribution in [0.2, 0.25) is 10.0 Å². The van der Waals surface area contributed by atoms with Gasteiger partial charge in [0.25, 0.3) is 5.91 Å². The smallest absolute Gasteiger partial charge is 0.257 e. The minimum atomic E-state index is -1.37. The number of nitriles is 1. The van der Waals surface area contributed by atoms with Crippen molar-refractivity contribution in [2.24, 2.45) is 5.92 Å². The molecule has 0 saturated heterocycles. The van der Waals surface area contributed by atoms with Gasteiger partial charge in [-0.3, -0.25) is 9.59 Å². The average Bonchev–Trinajstić information content (AvgIpc) is 3.43. The number of nitrogens with one attached hydrogen (secondary N) is 2. The van der Waals surface area contributed by atoms with E-state index in [9.17, 15) is 19.2 Å². The Hall–Kier alpha value is -3.26. The lowest BCUT2D eigenvalue weighted by atomic mass is 10.1. The predicted molar refractivity (Wildman–Crippen MR) is 139 cm³/mol. The van der Waals surface area contributed by atoms with Gasteiger partial charge in [0.1, 0.15) is 16.2 Å². The predicted octanol–water partition coefficient (Wildman–Crippen LogP) is 6.76. The maximum atomic E-state index is 13.4. The first-order valence-corrected chi connectivity index (χ1v) is 11.8. The molecule has 3 aromatic rings. The fraction of sp³-hybridized carbons (Fsp3) is 0.115. The number of benzene rings is 3. The Morgan fingerprint density at radius 1 is 0.972 bits per heavy atom. The number of terminal acetylenes is 1. The fourth-order valence-corrected chi connectivity index (χ4v) is 5.09. The Balaban J connectivity index is 1.52. The molecular weight excluding hydrogens is 547 g/mol. The summed E-state index contributed by atoms with van der Waals surface area (Å²) < 4.78 is 12.0. The summed E-state index contributed by atoms with van der Waals surface area (Å²) in [5.74, 6) is -0.603. The summed E-state index contributed by atoms with van der Waals surface area (Å²) in [5, 5.41) is 14.9. The Labute approximate surface area is 226 Å². The largest absolute Gasteiger partial charge is 0.326 e. The van der Waals surface area contributed by atoms with Gasteiger partial charge in [-0.15, -0.1) is 29.6 Å². The Morgan fingerprint density at radius 3 is 2.39 bits per heavy atom. The first-order valence-electron chi connectivity index (χ1n) is 10.3. The third-order valence-corrected chi connectivity index (χ3v) is 7.26. The van der Waals surface area contributed by atoms with Crippen molar-refractivity contribution in [3.8, 4) is 18.4 Å². The van der Waals surface area contributed by atoms with Crippen LogP contribution < -0.4 is 10.6 Å². The molecule has 0 heterocycles. The van der Waals surface area contributed by atoms with Gasteiger partial charge >= 0.3 is 0 Å². The van der Waals surface area contributed by atoms with Crippen molar-refractivity contribution >= 4 is 69.6 Å². The third kappa shape index (κ3) is 5.00. The zero-order valence-corrected chi connectivity index (χ0v) is 21.1. The maximum Gasteiger partial charge on any atom is 0.257 e. The number of nitrogens with zero attached hydrogens (tertiary/aromatic N) is 1. The SMILES string of the molecule is C#Cc1ccc([C@@H]2[C@@H](C(=O)Nc3ccc(Cl)c(C(=O)Nc4ccc(F)cc4C#N)c3)C2(Cl)Cl)cc1Cl. The molecule has 2 atom stereocenters. The van der Waals surface area contributed by atoms with Crippen LogP contribution in [0.4, 0.5) is 15.8 Å². The lowest BCUT2D eigenvalue weighted by Crippen LogP contribution is -2.18. The van der Waals surface area contributed by atoms with E-state index >= 15 is 0 Å². The highest BCUT2D eigenvalue weighted by Gasteiger charge is 2.67. The Kier molecular flexibility index (Phi) is 7.18.